The van der Waals surface area contributed by atoms with Crippen LogP contribution in [0.15, 0.2) is 48.5 Å². The number of aromatic nitrogens is 2. The van der Waals surface area contributed by atoms with Crippen LogP contribution in [-0.2, 0) is 22.5 Å². The molecule has 34 heavy (non-hydrogen) atoms. The molecule has 1 amide bonds. The number of thiazole rings is 1. The van der Waals surface area contributed by atoms with Gasteiger partial charge in [0.1, 0.15) is 28.9 Å². The van der Waals surface area contributed by atoms with E-state index in [1.54, 1.807) is 29.4 Å². The third-order valence-electron chi connectivity index (χ3n) is 5.67. The molecule has 0 spiro atoms. The van der Waals surface area contributed by atoms with E-state index >= 15 is 0 Å². The predicted molar refractivity (Wildman–Crippen MR) is 133 cm³/mol. The molecule has 0 radical (unpaired) electrons. The Kier molecular flexibility index (Phi) is 6.40. The highest BCUT2D eigenvalue weighted by molar-refractivity contribution is 7.18. The monoisotopic (exact) mass is 495 g/mol. The average Bonchev–Trinajstić information content (AvgIpc) is 3.50. The maximum atomic E-state index is 14.2. The summed E-state index contributed by atoms with van der Waals surface area (Å²) >= 11 is 3.14. The van der Waals surface area contributed by atoms with E-state index in [9.17, 15) is 9.18 Å². The summed E-state index contributed by atoms with van der Waals surface area (Å²) in [5.41, 5.74) is 3.33. The second-order valence-electron chi connectivity index (χ2n) is 7.77. The van der Waals surface area contributed by atoms with Gasteiger partial charge in [0.05, 0.1) is 18.8 Å². The molecule has 1 aliphatic heterocycles. The van der Waals surface area contributed by atoms with Gasteiger partial charge in [0.2, 0.25) is 5.91 Å². The zero-order valence-corrected chi connectivity index (χ0v) is 20.2. The number of hydrogen-bond donors (Lipinski definition) is 0. The zero-order valence-electron chi connectivity index (χ0n) is 18.5. The van der Waals surface area contributed by atoms with Crippen LogP contribution in [0.1, 0.15) is 10.6 Å². The second-order valence-corrected chi connectivity index (χ2v) is 9.77. The van der Waals surface area contributed by atoms with E-state index in [1.165, 1.54) is 29.5 Å². The number of amides is 1. The van der Waals surface area contributed by atoms with Crippen molar-refractivity contribution in [1.29, 1.82) is 0 Å². The van der Waals surface area contributed by atoms with Crippen molar-refractivity contribution in [1.82, 2.24) is 14.9 Å². The number of carbonyl (C=O) groups excluding carboxylic acids is 1. The number of methoxy groups -OCH3 is 1. The molecule has 0 bridgehead atoms. The first-order chi connectivity index (χ1) is 16.6. The molecular formula is C25H22FN3O3S2. The SMILES string of the molecule is C=CC(=O)N1CCc2nc(-c3ncc4ccsc4c3-c3ccc(F)cc3OCCOC)sc2C1. The molecule has 4 heterocycles. The topological polar surface area (TPSA) is 64.6 Å². The first-order valence-electron chi connectivity index (χ1n) is 10.8. The fourth-order valence-corrected chi connectivity index (χ4v) is 6.07. The molecule has 1 aromatic carbocycles. The van der Waals surface area contributed by atoms with Crippen molar-refractivity contribution in [2.24, 2.45) is 0 Å². The van der Waals surface area contributed by atoms with Gasteiger partial charge in [-0.15, -0.1) is 22.7 Å². The molecule has 3 aromatic heterocycles. The smallest absolute Gasteiger partial charge is 0.246 e. The van der Waals surface area contributed by atoms with Crippen LogP contribution in [0.3, 0.4) is 0 Å². The molecule has 0 aliphatic carbocycles. The van der Waals surface area contributed by atoms with E-state index in [0.29, 0.717) is 38.5 Å². The Morgan fingerprint density at radius 1 is 1.32 bits per heavy atom. The highest BCUT2D eigenvalue weighted by Gasteiger charge is 2.26. The van der Waals surface area contributed by atoms with E-state index in [-0.39, 0.29) is 11.7 Å². The van der Waals surface area contributed by atoms with Gasteiger partial charge in [0.15, 0.2) is 0 Å². The molecule has 9 heteroatoms. The molecule has 0 unspecified atom stereocenters. The number of rotatable bonds is 7. The molecule has 174 valence electrons. The normalized spacial score (nSPS) is 13.2. The number of hydrogen-bond acceptors (Lipinski definition) is 7. The lowest BCUT2D eigenvalue weighted by Crippen LogP contribution is -2.34. The molecular weight excluding hydrogens is 473 g/mol. The van der Waals surface area contributed by atoms with Gasteiger partial charge in [-0.3, -0.25) is 9.78 Å². The zero-order chi connectivity index (χ0) is 23.7. The fraction of sp³-hybridized carbons (Fsp3) is 0.240. The Bertz CT molecular complexity index is 1380. The van der Waals surface area contributed by atoms with Gasteiger partial charge < -0.3 is 14.4 Å². The van der Waals surface area contributed by atoms with Gasteiger partial charge in [-0.05, 0) is 29.7 Å². The maximum absolute atomic E-state index is 14.2. The third-order valence-corrected chi connectivity index (χ3v) is 7.71. The summed E-state index contributed by atoms with van der Waals surface area (Å²) in [5, 5.41) is 3.79. The van der Waals surface area contributed by atoms with Crippen LogP contribution in [0, 0.1) is 5.82 Å². The van der Waals surface area contributed by atoms with Crippen molar-refractivity contribution in [2.45, 2.75) is 13.0 Å². The van der Waals surface area contributed by atoms with Crippen LogP contribution in [0.25, 0.3) is 31.9 Å². The lowest BCUT2D eigenvalue weighted by molar-refractivity contribution is -0.126. The van der Waals surface area contributed by atoms with Crippen LogP contribution in [0.2, 0.25) is 0 Å². The van der Waals surface area contributed by atoms with Crippen molar-refractivity contribution >= 4 is 38.7 Å². The minimum atomic E-state index is -0.374. The number of fused-ring (bicyclic) bond motifs is 2. The van der Waals surface area contributed by atoms with Crippen molar-refractivity contribution in [2.75, 3.05) is 26.9 Å². The molecule has 4 aromatic rings. The molecule has 5 rings (SSSR count). The Balaban J connectivity index is 1.63. The number of benzene rings is 1. The van der Waals surface area contributed by atoms with E-state index in [4.69, 9.17) is 19.4 Å². The van der Waals surface area contributed by atoms with Crippen molar-refractivity contribution < 1.29 is 18.7 Å². The van der Waals surface area contributed by atoms with E-state index < -0.39 is 0 Å². The quantitative estimate of drug-likeness (QED) is 0.256. The van der Waals surface area contributed by atoms with Gasteiger partial charge in [0, 0.05) is 58.4 Å². The highest BCUT2D eigenvalue weighted by Crippen LogP contribution is 2.44. The number of nitrogens with zero attached hydrogens (tertiary/aromatic N) is 3. The third kappa shape index (κ3) is 4.22. The van der Waals surface area contributed by atoms with E-state index in [2.05, 4.69) is 6.58 Å². The Hall–Kier alpha value is -3.14. The summed E-state index contributed by atoms with van der Waals surface area (Å²) in [5.74, 6) is -0.0191. The van der Waals surface area contributed by atoms with Crippen LogP contribution in [0.4, 0.5) is 4.39 Å². The highest BCUT2D eigenvalue weighted by atomic mass is 32.1. The summed E-state index contributed by atoms with van der Waals surface area (Å²) in [6.07, 6.45) is 3.87. The van der Waals surface area contributed by atoms with Crippen molar-refractivity contribution in [3.05, 3.63) is 64.9 Å². The number of ether oxygens (including phenoxy) is 2. The van der Waals surface area contributed by atoms with Gasteiger partial charge in [0.25, 0.3) is 0 Å². The van der Waals surface area contributed by atoms with Gasteiger partial charge >= 0.3 is 0 Å². The number of halogens is 1. The van der Waals surface area contributed by atoms with Crippen LogP contribution in [0.5, 0.6) is 5.75 Å². The number of thiophene rings is 1. The average molecular weight is 496 g/mol. The number of carbonyl (C=O) groups is 1. The molecule has 1 aliphatic rings. The van der Waals surface area contributed by atoms with E-state index in [1.807, 2.05) is 17.6 Å². The summed E-state index contributed by atoms with van der Waals surface area (Å²) in [6, 6.07) is 6.57. The van der Waals surface area contributed by atoms with Gasteiger partial charge in [-0.1, -0.05) is 6.58 Å². The minimum absolute atomic E-state index is 0.0800. The molecule has 0 N–H and O–H groups in total. The summed E-state index contributed by atoms with van der Waals surface area (Å²) in [4.78, 5) is 24.6. The van der Waals surface area contributed by atoms with Gasteiger partial charge in [-0.25, -0.2) is 9.37 Å². The van der Waals surface area contributed by atoms with Crippen molar-refractivity contribution in [3.63, 3.8) is 0 Å². The molecule has 0 fully saturated rings. The van der Waals surface area contributed by atoms with Crippen LogP contribution in [-0.4, -0.2) is 47.6 Å². The number of pyridine rings is 1. The lowest BCUT2D eigenvalue weighted by atomic mass is 10.0. The predicted octanol–water partition coefficient (Wildman–Crippen LogP) is 5.32. The fourth-order valence-electron chi connectivity index (χ4n) is 4.01. The largest absolute Gasteiger partial charge is 0.490 e. The summed E-state index contributed by atoms with van der Waals surface area (Å²) < 4.78 is 26.2. The van der Waals surface area contributed by atoms with E-state index in [0.717, 1.165) is 42.5 Å². The Morgan fingerprint density at radius 3 is 3.03 bits per heavy atom. The molecule has 0 atom stereocenters. The van der Waals surface area contributed by atoms with Crippen LogP contribution >= 0.6 is 22.7 Å². The van der Waals surface area contributed by atoms with Crippen molar-refractivity contribution in [3.8, 4) is 27.6 Å². The second kappa shape index (κ2) is 9.61. The molecule has 0 saturated heterocycles. The van der Waals surface area contributed by atoms with Gasteiger partial charge in [-0.2, -0.15) is 0 Å². The lowest BCUT2D eigenvalue weighted by Gasteiger charge is -2.24. The first-order valence-corrected chi connectivity index (χ1v) is 12.5. The maximum Gasteiger partial charge on any atom is 0.246 e. The summed E-state index contributed by atoms with van der Waals surface area (Å²) in [6.45, 7) is 5.41. The molecule has 6 nitrogen and oxygen atoms in total. The minimum Gasteiger partial charge on any atom is -0.490 e. The van der Waals surface area contributed by atoms with Crippen LogP contribution < -0.4 is 4.74 Å². The molecule has 0 saturated carbocycles. The Morgan fingerprint density at radius 2 is 2.21 bits per heavy atom. The standard InChI is InChI=1S/C25H22FN3O3S2/c1-3-21(30)29-8-6-18-20(14-29)34-25(28-18)23-22(24-15(13-27-23)7-11-33-24)17-5-4-16(26)12-19(17)32-10-9-31-2/h3-5,7,11-13H,1,6,8-10,14H2,2H3. The Labute approximate surface area is 204 Å². The summed E-state index contributed by atoms with van der Waals surface area (Å²) in [7, 11) is 1.60. The first kappa shape index (κ1) is 22.6.